The fraction of sp³-hybridized carbons (Fsp3) is 0.765. The summed E-state index contributed by atoms with van der Waals surface area (Å²) in [6.45, 7) is 9.32. The first-order chi connectivity index (χ1) is 9.90. The van der Waals surface area contributed by atoms with Crippen LogP contribution in [0.5, 0.6) is 5.88 Å². The molecule has 116 valence electrons. The van der Waals surface area contributed by atoms with Crippen LogP contribution in [0.3, 0.4) is 0 Å². The summed E-state index contributed by atoms with van der Waals surface area (Å²) in [6, 6.07) is 0. The summed E-state index contributed by atoms with van der Waals surface area (Å²) < 4.78 is 6.38. The van der Waals surface area contributed by atoms with E-state index in [0.717, 1.165) is 30.7 Å². The van der Waals surface area contributed by atoms with Gasteiger partial charge >= 0.3 is 0 Å². The molecule has 0 aromatic carbocycles. The van der Waals surface area contributed by atoms with Crippen molar-refractivity contribution >= 4 is 5.82 Å². The van der Waals surface area contributed by atoms with E-state index in [1.54, 1.807) is 0 Å². The smallest absolute Gasteiger partial charge is 0.222 e. The monoisotopic (exact) mass is 289 g/mol. The van der Waals surface area contributed by atoms with E-state index in [1.807, 2.05) is 0 Å². The molecule has 2 aliphatic rings. The predicted molar refractivity (Wildman–Crippen MR) is 84.1 cm³/mol. The summed E-state index contributed by atoms with van der Waals surface area (Å²) in [5, 5.41) is 0. The molecule has 0 radical (unpaired) electrons. The summed E-state index contributed by atoms with van der Waals surface area (Å²) >= 11 is 0. The second-order valence-electron chi connectivity index (χ2n) is 7.51. The van der Waals surface area contributed by atoms with Crippen molar-refractivity contribution in [2.45, 2.75) is 65.9 Å². The van der Waals surface area contributed by atoms with E-state index < -0.39 is 0 Å². The number of nitrogen functional groups attached to an aromatic ring is 1. The third-order valence-electron chi connectivity index (χ3n) is 6.41. The molecule has 2 fully saturated rings. The highest BCUT2D eigenvalue weighted by Gasteiger charge is 2.62. The fourth-order valence-corrected chi connectivity index (χ4v) is 4.44. The van der Waals surface area contributed by atoms with Gasteiger partial charge < -0.3 is 10.5 Å². The Morgan fingerprint density at radius 3 is 2.67 bits per heavy atom. The second-order valence-corrected chi connectivity index (χ2v) is 7.51. The molecule has 2 saturated carbocycles. The van der Waals surface area contributed by atoms with Crippen LogP contribution in [0.15, 0.2) is 6.33 Å². The van der Waals surface area contributed by atoms with Gasteiger partial charge in [-0.05, 0) is 37.0 Å². The van der Waals surface area contributed by atoms with Crippen molar-refractivity contribution in [3.63, 3.8) is 0 Å². The molecule has 1 aromatic heterocycles. The lowest BCUT2D eigenvalue weighted by molar-refractivity contribution is 0.0266. The second kappa shape index (κ2) is 4.85. The van der Waals surface area contributed by atoms with E-state index in [1.165, 1.54) is 19.2 Å². The number of anilines is 1. The molecule has 21 heavy (non-hydrogen) atoms. The van der Waals surface area contributed by atoms with Crippen LogP contribution in [0.4, 0.5) is 5.82 Å². The standard InChI is InChI=1S/C17H27N3O/c1-5-6-12-14(18)19-10-20-15(12)21-13-9-11-7-8-17(13,4)16(11,2)3/h10-11,13H,5-9H2,1-4H3,(H2,18,19,20). The molecule has 4 nitrogen and oxygen atoms in total. The Kier molecular flexibility index (Phi) is 3.38. The molecular weight excluding hydrogens is 262 g/mol. The van der Waals surface area contributed by atoms with Gasteiger partial charge in [0.1, 0.15) is 18.2 Å². The Morgan fingerprint density at radius 1 is 1.33 bits per heavy atom. The molecule has 1 heterocycles. The number of hydrogen-bond donors (Lipinski definition) is 1. The van der Waals surface area contributed by atoms with Crippen LogP contribution in [-0.2, 0) is 6.42 Å². The molecule has 2 bridgehead atoms. The van der Waals surface area contributed by atoms with E-state index in [9.17, 15) is 0 Å². The molecule has 0 saturated heterocycles. The minimum atomic E-state index is 0.237. The highest BCUT2D eigenvalue weighted by atomic mass is 16.5. The Balaban J connectivity index is 1.87. The molecule has 3 unspecified atom stereocenters. The van der Waals surface area contributed by atoms with Crippen LogP contribution < -0.4 is 10.5 Å². The number of nitrogens with zero attached hydrogens (tertiary/aromatic N) is 2. The highest BCUT2D eigenvalue weighted by molar-refractivity contribution is 5.44. The van der Waals surface area contributed by atoms with Crippen LogP contribution in [0.1, 0.15) is 58.9 Å². The van der Waals surface area contributed by atoms with Crippen LogP contribution in [0.2, 0.25) is 0 Å². The van der Waals surface area contributed by atoms with Crippen molar-refractivity contribution in [2.24, 2.45) is 16.7 Å². The van der Waals surface area contributed by atoms with Gasteiger partial charge in [0.2, 0.25) is 5.88 Å². The zero-order chi connectivity index (χ0) is 15.3. The van der Waals surface area contributed by atoms with Crippen molar-refractivity contribution in [1.82, 2.24) is 9.97 Å². The summed E-state index contributed by atoms with van der Waals surface area (Å²) in [6.07, 6.45) is 7.37. The lowest BCUT2D eigenvalue weighted by atomic mass is 9.70. The van der Waals surface area contributed by atoms with Crippen molar-refractivity contribution in [3.8, 4) is 5.88 Å². The zero-order valence-electron chi connectivity index (χ0n) is 13.6. The maximum Gasteiger partial charge on any atom is 0.222 e. The maximum absolute atomic E-state index is 6.38. The molecule has 0 aliphatic heterocycles. The van der Waals surface area contributed by atoms with E-state index in [4.69, 9.17) is 10.5 Å². The Bertz CT molecular complexity index is 543. The van der Waals surface area contributed by atoms with Crippen molar-refractivity contribution in [2.75, 3.05) is 5.73 Å². The molecule has 3 rings (SSSR count). The first-order valence-electron chi connectivity index (χ1n) is 8.16. The summed E-state index contributed by atoms with van der Waals surface area (Å²) in [5.74, 6) is 2.04. The molecule has 2 aliphatic carbocycles. The number of ether oxygens (including phenoxy) is 1. The van der Waals surface area contributed by atoms with Crippen LogP contribution in [0.25, 0.3) is 0 Å². The molecular formula is C17H27N3O. The largest absolute Gasteiger partial charge is 0.473 e. The lowest BCUT2D eigenvalue weighted by Gasteiger charge is -2.38. The SMILES string of the molecule is CCCc1c(N)ncnc1OC1CC2CCC1(C)C2(C)C. The van der Waals surface area contributed by atoms with E-state index in [-0.39, 0.29) is 11.5 Å². The van der Waals surface area contributed by atoms with Gasteiger partial charge in [0.25, 0.3) is 0 Å². The van der Waals surface area contributed by atoms with Crippen molar-refractivity contribution < 1.29 is 4.74 Å². The molecule has 1 aromatic rings. The van der Waals surface area contributed by atoms with Gasteiger partial charge in [-0.1, -0.05) is 34.1 Å². The van der Waals surface area contributed by atoms with E-state index >= 15 is 0 Å². The van der Waals surface area contributed by atoms with Crippen LogP contribution >= 0.6 is 0 Å². The van der Waals surface area contributed by atoms with Gasteiger partial charge in [0.05, 0.1) is 5.56 Å². The summed E-state index contributed by atoms with van der Waals surface area (Å²) in [7, 11) is 0. The fourth-order valence-electron chi connectivity index (χ4n) is 4.44. The van der Waals surface area contributed by atoms with Gasteiger partial charge in [-0.3, -0.25) is 0 Å². The average molecular weight is 289 g/mol. The third-order valence-corrected chi connectivity index (χ3v) is 6.41. The lowest BCUT2D eigenvalue weighted by Crippen LogP contribution is -2.39. The van der Waals surface area contributed by atoms with Crippen molar-refractivity contribution in [1.29, 1.82) is 0 Å². The Morgan fingerprint density at radius 2 is 2.10 bits per heavy atom. The minimum absolute atomic E-state index is 0.237. The number of fused-ring (bicyclic) bond motifs is 2. The van der Waals surface area contributed by atoms with Gasteiger partial charge in [0, 0.05) is 5.41 Å². The van der Waals surface area contributed by atoms with Crippen molar-refractivity contribution in [3.05, 3.63) is 11.9 Å². The third kappa shape index (κ3) is 2.02. The number of rotatable bonds is 4. The Hall–Kier alpha value is -1.32. The van der Waals surface area contributed by atoms with Gasteiger partial charge in [-0.2, -0.15) is 0 Å². The summed E-state index contributed by atoms with van der Waals surface area (Å²) in [5.41, 5.74) is 7.57. The van der Waals surface area contributed by atoms with Gasteiger partial charge in [-0.25, -0.2) is 9.97 Å². The quantitative estimate of drug-likeness (QED) is 0.920. The molecule has 3 atom stereocenters. The molecule has 0 amide bonds. The van der Waals surface area contributed by atoms with Gasteiger partial charge in [-0.15, -0.1) is 0 Å². The van der Waals surface area contributed by atoms with E-state index in [2.05, 4.69) is 37.7 Å². The topological polar surface area (TPSA) is 61.0 Å². The first kappa shape index (κ1) is 14.6. The Labute approximate surface area is 127 Å². The zero-order valence-corrected chi connectivity index (χ0v) is 13.6. The molecule has 0 spiro atoms. The summed E-state index contributed by atoms with van der Waals surface area (Å²) in [4.78, 5) is 8.48. The molecule has 2 N–H and O–H groups in total. The number of nitrogens with two attached hydrogens (primary N) is 1. The highest BCUT2D eigenvalue weighted by Crippen LogP contribution is 2.66. The van der Waals surface area contributed by atoms with Gasteiger partial charge in [0.15, 0.2) is 0 Å². The average Bonchev–Trinajstić information content (AvgIpc) is 2.76. The first-order valence-corrected chi connectivity index (χ1v) is 8.16. The normalized spacial score (nSPS) is 33.3. The number of hydrogen-bond acceptors (Lipinski definition) is 4. The minimum Gasteiger partial charge on any atom is -0.473 e. The number of aromatic nitrogens is 2. The van der Waals surface area contributed by atoms with Crippen LogP contribution in [0, 0.1) is 16.7 Å². The maximum atomic E-state index is 6.38. The van der Waals surface area contributed by atoms with Crippen LogP contribution in [-0.4, -0.2) is 16.1 Å². The van der Waals surface area contributed by atoms with E-state index in [0.29, 0.717) is 17.1 Å². The predicted octanol–water partition coefficient (Wildman–Crippen LogP) is 3.60. The molecule has 4 heteroatoms.